The molecule has 6 nitrogen and oxygen atoms in total. The second-order valence-electron chi connectivity index (χ2n) is 5.44. The lowest BCUT2D eigenvalue weighted by molar-refractivity contribution is -0.146. The summed E-state index contributed by atoms with van der Waals surface area (Å²) >= 11 is 0. The lowest BCUT2D eigenvalue weighted by atomic mass is 9.94. The van der Waals surface area contributed by atoms with Gasteiger partial charge in [0.15, 0.2) is 0 Å². The molecule has 1 aromatic heterocycles. The van der Waals surface area contributed by atoms with Crippen LogP contribution in [-0.4, -0.2) is 35.0 Å². The van der Waals surface area contributed by atoms with Crippen LogP contribution in [0.2, 0.25) is 0 Å². The highest BCUT2D eigenvalue weighted by molar-refractivity contribution is 5.92. The van der Waals surface area contributed by atoms with Crippen LogP contribution in [-0.2, 0) is 16.0 Å². The molecule has 2 rings (SSSR count). The van der Waals surface area contributed by atoms with Crippen molar-refractivity contribution in [1.29, 1.82) is 0 Å². The van der Waals surface area contributed by atoms with E-state index in [9.17, 15) is 9.59 Å². The van der Waals surface area contributed by atoms with Crippen molar-refractivity contribution >= 4 is 11.9 Å². The largest absolute Gasteiger partial charge is 0.469 e. The minimum Gasteiger partial charge on any atom is -0.469 e. The Hall–Kier alpha value is -1.85. The van der Waals surface area contributed by atoms with Crippen molar-refractivity contribution in [2.75, 3.05) is 7.11 Å². The summed E-state index contributed by atoms with van der Waals surface area (Å²) in [5.41, 5.74) is 0.444. The molecule has 1 saturated carbocycles. The molecule has 1 aliphatic carbocycles. The molecule has 116 valence electrons. The average Bonchev–Trinajstić information content (AvgIpc) is 2.87. The Balaban J connectivity index is 2.06. The van der Waals surface area contributed by atoms with Crippen molar-refractivity contribution in [3.05, 3.63) is 17.7 Å². The molecule has 6 heteroatoms. The third-order valence-corrected chi connectivity index (χ3v) is 4.04. The molecule has 2 N–H and O–H groups in total. The fraction of sp³-hybridized carbons (Fsp3) is 0.667. The van der Waals surface area contributed by atoms with E-state index < -0.39 is 0 Å². The zero-order chi connectivity index (χ0) is 15.2. The van der Waals surface area contributed by atoms with Crippen LogP contribution in [0, 0.1) is 5.92 Å². The normalized spacial score (nSPS) is 22.4. The molecular weight excluding hydrogens is 270 g/mol. The molecule has 0 bridgehead atoms. The number of nitrogens with one attached hydrogen (secondary N) is 2. The van der Waals surface area contributed by atoms with Crippen molar-refractivity contribution in [2.24, 2.45) is 5.92 Å². The number of carbonyl (C=O) groups is 2. The molecular formula is C15H23N3O3. The first kappa shape index (κ1) is 15.5. The maximum absolute atomic E-state index is 12.3. The molecule has 1 fully saturated rings. The van der Waals surface area contributed by atoms with E-state index in [1.807, 2.05) is 6.92 Å². The number of nitrogens with zero attached hydrogens (tertiary/aromatic N) is 1. The second kappa shape index (κ2) is 7.24. The number of H-pyrrole nitrogens is 1. The fourth-order valence-corrected chi connectivity index (χ4v) is 2.82. The summed E-state index contributed by atoms with van der Waals surface area (Å²) in [6.45, 7) is 1.97. The maximum atomic E-state index is 12.3. The van der Waals surface area contributed by atoms with Gasteiger partial charge < -0.3 is 15.0 Å². The number of ether oxygens (including phenoxy) is 1. The number of imidazole rings is 1. The lowest BCUT2D eigenvalue weighted by Crippen LogP contribution is -2.43. The summed E-state index contributed by atoms with van der Waals surface area (Å²) in [4.78, 5) is 31.3. The maximum Gasteiger partial charge on any atom is 0.310 e. The van der Waals surface area contributed by atoms with Crippen molar-refractivity contribution < 1.29 is 14.3 Å². The van der Waals surface area contributed by atoms with Gasteiger partial charge in [-0.15, -0.1) is 0 Å². The minimum atomic E-state index is -0.255. The Morgan fingerprint density at radius 2 is 2.14 bits per heavy atom. The minimum absolute atomic E-state index is 0.166. The van der Waals surface area contributed by atoms with Crippen LogP contribution in [0.4, 0.5) is 0 Å². The van der Waals surface area contributed by atoms with E-state index in [1.54, 1.807) is 0 Å². The third kappa shape index (κ3) is 3.83. The number of hydrogen-bond acceptors (Lipinski definition) is 4. The number of amides is 1. The van der Waals surface area contributed by atoms with Crippen molar-refractivity contribution in [3.8, 4) is 0 Å². The molecule has 1 amide bonds. The summed E-state index contributed by atoms with van der Waals surface area (Å²) in [5.74, 6) is 0.0876. The lowest BCUT2D eigenvalue weighted by Gasteiger charge is -2.23. The number of aromatic nitrogens is 2. The summed E-state index contributed by atoms with van der Waals surface area (Å²) in [6.07, 6.45) is 6.96. The van der Waals surface area contributed by atoms with Crippen LogP contribution in [0.5, 0.6) is 0 Å². The van der Waals surface area contributed by atoms with E-state index >= 15 is 0 Å². The van der Waals surface area contributed by atoms with Gasteiger partial charge in [0.1, 0.15) is 11.5 Å². The molecule has 1 aliphatic rings. The quantitative estimate of drug-likeness (QED) is 0.655. The number of hydrogen-bond donors (Lipinski definition) is 2. The topological polar surface area (TPSA) is 84.1 Å². The third-order valence-electron chi connectivity index (χ3n) is 4.04. The highest BCUT2D eigenvalue weighted by Gasteiger charge is 2.31. The van der Waals surface area contributed by atoms with Gasteiger partial charge >= 0.3 is 5.97 Å². The Kier molecular flexibility index (Phi) is 5.36. The predicted octanol–water partition coefficient (Wildman–Crippen LogP) is 1.82. The van der Waals surface area contributed by atoms with Crippen LogP contribution in [0.3, 0.4) is 0 Å². The molecule has 1 heterocycles. The van der Waals surface area contributed by atoms with Gasteiger partial charge in [-0.3, -0.25) is 9.59 Å². The van der Waals surface area contributed by atoms with Crippen molar-refractivity contribution in [1.82, 2.24) is 15.3 Å². The van der Waals surface area contributed by atoms with Crippen molar-refractivity contribution in [2.45, 2.75) is 51.5 Å². The molecule has 0 radical (unpaired) electrons. The molecule has 1 aromatic rings. The molecule has 0 spiro atoms. The van der Waals surface area contributed by atoms with E-state index in [0.29, 0.717) is 5.69 Å². The zero-order valence-corrected chi connectivity index (χ0v) is 12.6. The van der Waals surface area contributed by atoms with Crippen LogP contribution < -0.4 is 5.32 Å². The number of carbonyl (C=O) groups excluding carboxylic acids is 2. The highest BCUT2D eigenvalue weighted by atomic mass is 16.5. The van der Waals surface area contributed by atoms with Gasteiger partial charge in [-0.25, -0.2) is 4.98 Å². The molecule has 0 aliphatic heterocycles. The summed E-state index contributed by atoms with van der Waals surface area (Å²) in [7, 11) is 1.40. The number of esters is 1. The van der Waals surface area contributed by atoms with Gasteiger partial charge in [-0.05, 0) is 12.8 Å². The second-order valence-corrected chi connectivity index (χ2v) is 5.44. The first-order valence-corrected chi connectivity index (χ1v) is 7.58. The molecule has 0 aromatic carbocycles. The van der Waals surface area contributed by atoms with Crippen LogP contribution in [0.15, 0.2) is 6.20 Å². The summed E-state index contributed by atoms with van der Waals surface area (Å²) in [6, 6.07) is -0.166. The standard InChI is InChI=1S/C15H23N3O3/c1-3-13-16-9-12(17-13)14(19)18-11-8-6-4-5-7-10(11)15(20)21-2/h9-11H,3-8H2,1-2H3,(H,16,17)(H,18,19)/t10-,11-/m0/s1. The summed E-state index contributed by atoms with van der Waals surface area (Å²) in [5, 5.41) is 2.97. The molecule has 21 heavy (non-hydrogen) atoms. The Morgan fingerprint density at radius 1 is 1.38 bits per heavy atom. The van der Waals surface area contributed by atoms with E-state index in [-0.39, 0.29) is 23.8 Å². The van der Waals surface area contributed by atoms with E-state index in [0.717, 1.165) is 44.3 Å². The first-order chi connectivity index (χ1) is 10.2. The van der Waals surface area contributed by atoms with Gasteiger partial charge in [0.05, 0.1) is 19.2 Å². The number of aryl methyl sites for hydroxylation is 1. The number of methoxy groups -OCH3 is 1. The number of aromatic amines is 1. The van der Waals surface area contributed by atoms with Gasteiger partial charge in [0.25, 0.3) is 5.91 Å². The van der Waals surface area contributed by atoms with Gasteiger partial charge in [0.2, 0.25) is 0 Å². The number of rotatable bonds is 4. The van der Waals surface area contributed by atoms with Crippen LogP contribution >= 0.6 is 0 Å². The van der Waals surface area contributed by atoms with Gasteiger partial charge in [-0.2, -0.15) is 0 Å². The smallest absolute Gasteiger partial charge is 0.310 e. The Bertz CT molecular complexity index is 498. The SMILES string of the molecule is CCc1ncc(C(=O)N[C@H]2CCCCC[C@@H]2C(=O)OC)[nH]1. The average molecular weight is 293 g/mol. The molecule has 0 unspecified atom stereocenters. The van der Waals surface area contributed by atoms with Gasteiger partial charge in [-0.1, -0.05) is 26.2 Å². The van der Waals surface area contributed by atoms with Crippen LogP contribution in [0.25, 0.3) is 0 Å². The predicted molar refractivity (Wildman–Crippen MR) is 77.8 cm³/mol. The summed E-state index contributed by atoms with van der Waals surface area (Å²) < 4.78 is 4.87. The van der Waals surface area contributed by atoms with Crippen molar-refractivity contribution in [3.63, 3.8) is 0 Å². The van der Waals surface area contributed by atoms with E-state index in [4.69, 9.17) is 4.74 Å². The highest BCUT2D eigenvalue weighted by Crippen LogP contribution is 2.24. The Labute approximate surface area is 124 Å². The molecule has 0 saturated heterocycles. The van der Waals surface area contributed by atoms with E-state index in [2.05, 4.69) is 15.3 Å². The zero-order valence-electron chi connectivity index (χ0n) is 12.6. The van der Waals surface area contributed by atoms with Crippen LogP contribution in [0.1, 0.15) is 55.3 Å². The first-order valence-electron chi connectivity index (χ1n) is 7.58. The molecule has 2 atom stereocenters. The fourth-order valence-electron chi connectivity index (χ4n) is 2.82. The Morgan fingerprint density at radius 3 is 2.81 bits per heavy atom. The monoisotopic (exact) mass is 293 g/mol. The van der Waals surface area contributed by atoms with Gasteiger partial charge in [0, 0.05) is 12.5 Å². The van der Waals surface area contributed by atoms with E-state index in [1.165, 1.54) is 13.3 Å².